The summed E-state index contributed by atoms with van der Waals surface area (Å²) in [5.74, 6) is -3.94. The lowest BCUT2D eigenvalue weighted by Gasteiger charge is -2.24. The normalized spacial score (nSPS) is 23.0. The summed E-state index contributed by atoms with van der Waals surface area (Å²) >= 11 is 0. The van der Waals surface area contributed by atoms with Gasteiger partial charge < -0.3 is 9.84 Å². The molecule has 32 heavy (non-hydrogen) atoms. The molecule has 0 radical (unpaired) electrons. The Kier molecular flexibility index (Phi) is 4.88. The Morgan fingerprint density at radius 2 is 2.00 bits per heavy atom. The van der Waals surface area contributed by atoms with Crippen LogP contribution in [0.3, 0.4) is 0 Å². The smallest absolute Gasteiger partial charge is 0.309 e. The quantitative estimate of drug-likeness (QED) is 0.648. The van der Waals surface area contributed by atoms with E-state index in [9.17, 15) is 22.7 Å². The minimum atomic E-state index is -3.97. The van der Waals surface area contributed by atoms with Crippen molar-refractivity contribution in [3.63, 3.8) is 0 Å². The number of halogens is 1. The van der Waals surface area contributed by atoms with Crippen LogP contribution >= 0.6 is 0 Å². The van der Waals surface area contributed by atoms with Crippen molar-refractivity contribution in [2.24, 2.45) is 0 Å². The first kappa shape index (κ1) is 16.7. The summed E-state index contributed by atoms with van der Waals surface area (Å²) in [6, 6.07) is 4.78. The average Bonchev–Trinajstić information content (AvgIpc) is 2.74. The third-order valence-electron chi connectivity index (χ3n) is 4.80. The van der Waals surface area contributed by atoms with E-state index < -0.39 is 65.3 Å². The van der Waals surface area contributed by atoms with Gasteiger partial charge in [-0.05, 0) is 36.3 Å². The number of anilines is 1. The fourth-order valence-corrected chi connectivity index (χ4v) is 3.48. The molecular formula is C22H26FN3O5S. The Bertz CT molecular complexity index is 1320. The summed E-state index contributed by atoms with van der Waals surface area (Å²) in [6.07, 6.45) is 1.35. The third-order valence-corrected chi connectivity index (χ3v) is 5.96. The summed E-state index contributed by atoms with van der Waals surface area (Å²) in [6.45, 7) is -6.23. The van der Waals surface area contributed by atoms with Gasteiger partial charge in [0.25, 0.3) is 0 Å². The maximum absolute atomic E-state index is 13.7. The van der Waals surface area contributed by atoms with Gasteiger partial charge in [0.15, 0.2) is 0 Å². The Morgan fingerprint density at radius 3 is 2.59 bits per heavy atom. The molecule has 0 saturated carbocycles. The van der Waals surface area contributed by atoms with Crippen LogP contribution in [-0.4, -0.2) is 55.0 Å². The van der Waals surface area contributed by atoms with Gasteiger partial charge in [-0.15, -0.1) is 0 Å². The molecule has 0 spiro atoms. The topological polar surface area (TPSA) is 110 Å². The van der Waals surface area contributed by atoms with Crippen molar-refractivity contribution < 1.29 is 35.7 Å². The Morgan fingerprint density at radius 1 is 1.31 bits per heavy atom. The second-order valence-corrected chi connectivity index (χ2v) is 9.34. The van der Waals surface area contributed by atoms with Crippen molar-refractivity contribution >= 4 is 28.0 Å². The standard InChI is InChI=1S/C22H26FN3O5S/c1-13(2)20-18(10-9-17-11-16(27)12-19(28)31-17)21(14-5-7-15(23)8-6-14)25-22(24-20)26(3)32(4,29)30/h5-10,13,16-17,27H,11-12H2,1-4H3/b10-9+/i1D3,2D3. The highest BCUT2D eigenvalue weighted by Gasteiger charge is 2.26. The molecule has 1 saturated heterocycles. The first-order valence-electron chi connectivity index (χ1n) is 12.6. The number of carbonyl (C=O) groups excluding carboxylic acids is 1. The van der Waals surface area contributed by atoms with Gasteiger partial charge in [0.2, 0.25) is 16.0 Å². The minimum Gasteiger partial charge on any atom is -0.458 e. The van der Waals surface area contributed by atoms with Crippen LogP contribution in [0.1, 0.15) is 51.9 Å². The number of aromatic nitrogens is 2. The SMILES string of the molecule is [2H]C([2H])([2H])C(c1nc(N(C)S(C)(=O)=O)nc(-c2ccc(F)cc2)c1/C=C/C1CC(O)CC(=O)O1)C([2H])([2H])[2H]. The number of hydrogen-bond acceptors (Lipinski definition) is 7. The maximum Gasteiger partial charge on any atom is 0.309 e. The zero-order valence-corrected chi connectivity index (χ0v) is 18.1. The molecule has 172 valence electrons. The lowest BCUT2D eigenvalue weighted by atomic mass is 9.97. The molecule has 2 atom stereocenters. The van der Waals surface area contributed by atoms with Gasteiger partial charge in [0.1, 0.15) is 11.9 Å². The molecule has 1 fully saturated rings. The fraction of sp³-hybridized carbons (Fsp3) is 0.409. The second-order valence-electron chi connectivity index (χ2n) is 7.32. The number of sulfonamides is 1. The number of aliphatic hydroxyl groups is 1. The molecule has 2 heterocycles. The summed E-state index contributed by atoms with van der Waals surface area (Å²) < 4.78 is 91.9. The molecule has 0 aliphatic carbocycles. The molecule has 1 aromatic heterocycles. The van der Waals surface area contributed by atoms with Crippen LogP contribution in [0, 0.1) is 5.82 Å². The maximum atomic E-state index is 13.7. The van der Waals surface area contributed by atoms with Crippen LogP contribution in [0.25, 0.3) is 17.3 Å². The number of hydrogen-bond donors (Lipinski definition) is 1. The number of carbonyl (C=O) groups is 1. The summed E-state index contributed by atoms with van der Waals surface area (Å²) in [4.78, 5) is 20.2. The van der Waals surface area contributed by atoms with Crippen LogP contribution in [0.4, 0.5) is 10.3 Å². The van der Waals surface area contributed by atoms with E-state index in [-0.39, 0.29) is 29.7 Å². The van der Waals surface area contributed by atoms with Gasteiger partial charge in [-0.1, -0.05) is 19.8 Å². The summed E-state index contributed by atoms with van der Waals surface area (Å²) in [7, 11) is -2.85. The molecule has 10 heteroatoms. The van der Waals surface area contributed by atoms with Crippen LogP contribution < -0.4 is 4.31 Å². The fourth-order valence-electron chi connectivity index (χ4n) is 3.11. The first-order valence-corrected chi connectivity index (χ1v) is 11.4. The predicted molar refractivity (Wildman–Crippen MR) is 119 cm³/mol. The van der Waals surface area contributed by atoms with Crippen molar-refractivity contribution in [1.29, 1.82) is 0 Å². The van der Waals surface area contributed by atoms with E-state index in [1.165, 1.54) is 24.3 Å². The van der Waals surface area contributed by atoms with Crippen molar-refractivity contribution in [3.05, 3.63) is 47.4 Å². The van der Waals surface area contributed by atoms with Crippen molar-refractivity contribution in [3.8, 4) is 11.3 Å². The number of esters is 1. The number of rotatable bonds is 6. The van der Waals surface area contributed by atoms with Gasteiger partial charge >= 0.3 is 5.97 Å². The van der Waals surface area contributed by atoms with E-state index in [1.54, 1.807) is 0 Å². The van der Waals surface area contributed by atoms with Crippen molar-refractivity contribution in [2.45, 2.75) is 44.7 Å². The van der Waals surface area contributed by atoms with Gasteiger partial charge in [-0.2, -0.15) is 0 Å². The van der Waals surface area contributed by atoms with Crippen LogP contribution in [0.15, 0.2) is 30.3 Å². The zero-order valence-electron chi connectivity index (χ0n) is 23.3. The van der Waals surface area contributed by atoms with E-state index in [1.807, 2.05) is 0 Å². The Hall–Kier alpha value is -2.85. The molecular weight excluding hydrogens is 437 g/mol. The summed E-state index contributed by atoms with van der Waals surface area (Å²) in [5, 5.41) is 9.93. The number of benzene rings is 1. The highest BCUT2D eigenvalue weighted by atomic mass is 32.2. The van der Waals surface area contributed by atoms with E-state index in [4.69, 9.17) is 13.0 Å². The number of aliphatic hydroxyl groups excluding tert-OH is 1. The molecule has 8 nitrogen and oxygen atoms in total. The average molecular weight is 470 g/mol. The molecule has 1 aromatic carbocycles. The molecule has 2 aromatic rings. The molecule has 1 aliphatic rings. The van der Waals surface area contributed by atoms with Gasteiger partial charge in [-0.25, -0.2) is 27.1 Å². The molecule has 2 unspecified atom stereocenters. The Balaban J connectivity index is 2.38. The molecule has 0 bridgehead atoms. The number of cyclic esters (lactones) is 1. The monoisotopic (exact) mass is 469 g/mol. The highest BCUT2D eigenvalue weighted by Crippen LogP contribution is 2.32. The first-order chi connectivity index (χ1) is 17.4. The second kappa shape index (κ2) is 9.33. The third kappa shape index (κ3) is 5.49. The molecule has 1 aliphatic heterocycles. The Labute approximate surface area is 195 Å². The zero-order chi connectivity index (χ0) is 28.6. The summed E-state index contributed by atoms with van der Waals surface area (Å²) in [5.41, 5.74) is -0.509. The largest absolute Gasteiger partial charge is 0.458 e. The van der Waals surface area contributed by atoms with Gasteiger partial charge in [0, 0.05) is 32.8 Å². The van der Waals surface area contributed by atoms with Crippen molar-refractivity contribution in [2.75, 3.05) is 17.6 Å². The van der Waals surface area contributed by atoms with Gasteiger partial charge in [-0.3, -0.25) is 4.79 Å². The number of ether oxygens (including phenoxy) is 1. The number of nitrogens with zero attached hydrogens (tertiary/aromatic N) is 3. The van der Waals surface area contributed by atoms with E-state index in [0.29, 0.717) is 4.31 Å². The molecule has 1 N–H and O–H groups in total. The predicted octanol–water partition coefficient (Wildman–Crippen LogP) is 2.88. The highest BCUT2D eigenvalue weighted by molar-refractivity contribution is 7.92. The lowest BCUT2D eigenvalue weighted by molar-refractivity contribution is -0.156. The van der Waals surface area contributed by atoms with Crippen LogP contribution in [0.5, 0.6) is 0 Å². The van der Waals surface area contributed by atoms with E-state index >= 15 is 0 Å². The van der Waals surface area contributed by atoms with Crippen LogP contribution in [0.2, 0.25) is 0 Å². The molecule has 0 amide bonds. The van der Waals surface area contributed by atoms with Crippen LogP contribution in [-0.2, 0) is 19.6 Å². The van der Waals surface area contributed by atoms with E-state index in [0.717, 1.165) is 25.4 Å². The van der Waals surface area contributed by atoms with Gasteiger partial charge in [0.05, 0.1) is 30.2 Å². The van der Waals surface area contributed by atoms with Crippen molar-refractivity contribution in [1.82, 2.24) is 9.97 Å². The molecule has 3 rings (SSSR count). The minimum absolute atomic E-state index is 0.0290. The van der Waals surface area contributed by atoms with E-state index in [2.05, 4.69) is 9.97 Å². The lowest BCUT2D eigenvalue weighted by Crippen LogP contribution is -2.31.